The number of rotatable bonds is 4. The van der Waals surface area contributed by atoms with Crippen molar-refractivity contribution < 1.29 is 15.0 Å². The Balaban J connectivity index is 2.23. The van der Waals surface area contributed by atoms with E-state index in [1.165, 1.54) is 0 Å². The quantitative estimate of drug-likeness (QED) is 0.860. The van der Waals surface area contributed by atoms with Gasteiger partial charge in [-0.15, -0.1) is 0 Å². The molecule has 2 N–H and O–H groups in total. The van der Waals surface area contributed by atoms with Crippen LogP contribution in [-0.4, -0.2) is 49.6 Å². The van der Waals surface area contributed by atoms with Crippen molar-refractivity contribution in [1.29, 1.82) is 0 Å². The molecule has 1 aliphatic heterocycles. The van der Waals surface area contributed by atoms with E-state index in [1.54, 1.807) is 4.90 Å². The van der Waals surface area contributed by atoms with E-state index in [0.717, 1.165) is 22.4 Å². The second-order valence-corrected chi connectivity index (χ2v) is 5.63. The number of carbonyl (C=O) groups is 1. The van der Waals surface area contributed by atoms with Gasteiger partial charge in [0.15, 0.2) is 0 Å². The lowest BCUT2D eigenvalue weighted by molar-refractivity contribution is -0.142. The first kappa shape index (κ1) is 14.5. The molecule has 2 atom stereocenters. The number of aryl methyl sites for hydroxylation is 2. The van der Waals surface area contributed by atoms with Crippen LogP contribution in [0.2, 0.25) is 0 Å². The minimum Gasteiger partial charge on any atom is -0.480 e. The molecule has 1 aliphatic rings. The minimum absolute atomic E-state index is 0.284. The summed E-state index contributed by atoms with van der Waals surface area (Å²) in [7, 11) is 0. The van der Waals surface area contributed by atoms with Gasteiger partial charge in [-0.1, -0.05) is 0 Å². The fraction of sp³-hybridized carbons (Fsp3) is 0.667. The van der Waals surface area contributed by atoms with Gasteiger partial charge in [-0.05, 0) is 29.8 Å². The van der Waals surface area contributed by atoms with Crippen molar-refractivity contribution in [2.45, 2.75) is 45.5 Å². The number of carboxylic acids is 1. The largest absolute Gasteiger partial charge is 0.480 e. The molecule has 106 valence electrons. The van der Waals surface area contributed by atoms with Gasteiger partial charge in [0.2, 0.25) is 0 Å². The van der Waals surface area contributed by atoms with Gasteiger partial charge < -0.3 is 10.2 Å². The van der Waals surface area contributed by atoms with Crippen molar-refractivity contribution in [3.63, 3.8) is 0 Å². The number of aliphatic carboxylic acids is 1. The number of hydrogen-bond acceptors (Lipinski definition) is 4. The van der Waals surface area contributed by atoms with Crippen molar-refractivity contribution in [3.05, 3.63) is 15.9 Å². The van der Waals surface area contributed by atoms with Crippen LogP contribution >= 0.6 is 15.9 Å². The Kier molecular flexibility index (Phi) is 4.27. The fourth-order valence-electron chi connectivity index (χ4n) is 2.52. The maximum absolute atomic E-state index is 11.2. The Morgan fingerprint density at radius 1 is 1.58 bits per heavy atom. The third-order valence-electron chi connectivity index (χ3n) is 3.47. The highest BCUT2D eigenvalue weighted by Gasteiger charge is 2.36. The van der Waals surface area contributed by atoms with E-state index >= 15 is 0 Å². The van der Waals surface area contributed by atoms with Gasteiger partial charge in [-0.25, -0.2) is 0 Å². The van der Waals surface area contributed by atoms with E-state index in [9.17, 15) is 15.0 Å². The third-order valence-corrected chi connectivity index (χ3v) is 4.50. The first-order valence-corrected chi connectivity index (χ1v) is 7.10. The van der Waals surface area contributed by atoms with Crippen LogP contribution in [0.25, 0.3) is 0 Å². The summed E-state index contributed by atoms with van der Waals surface area (Å²) in [6, 6.07) is -0.623. The van der Waals surface area contributed by atoms with Crippen molar-refractivity contribution in [1.82, 2.24) is 14.7 Å². The highest BCUT2D eigenvalue weighted by atomic mass is 79.9. The predicted molar refractivity (Wildman–Crippen MR) is 72.8 cm³/mol. The maximum Gasteiger partial charge on any atom is 0.321 e. The summed E-state index contributed by atoms with van der Waals surface area (Å²) in [5.74, 6) is -0.882. The Hall–Kier alpha value is -0.920. The van der Waals surface area contributed by atoms with Crippen LogP contribution in [0.3, 0.4) is 0 Å². The molecule has 1 fully saturated rings. The number of β-amino-alcohol motifs (C(OH)–C–C–N with tert-alkyl or cyclic N) is 1. The molecule has 0 radical (unpaired) electrons. The average molecular weight is 332 g/mol. The number of carboxylic acid groups (broad SMARTS) is 1. The Labute approximate surface area is 120 Å². The highest BCUT2D eigenvalue weighted by molar-refractivity contribution is 9.10. The summed E-state index contributed by atoms with van der Waals surface area (Å²) >= 11 is 3.50. The van der Waals surface area contributed by atoms with Crippen LogP contribution in [0.5, 0.6) is 0 Å². The minimum atomic E-state index is -0.882. The normalized spacial score (nSPS) is 24.0. The summed E-state index contributed by atoms with van der Waals surface area (Å²) in [6.07, 6.45) is -0.286. The molecule has 0 spiro atoms. The Bertz CT molecular complexity index is 489. The van der Waals surface area contributed by atoms with Crippen LogP contribution in [0.1, 0.15) is 24.7 Å². The molecule has 0 aliphatic carbocycles. The molecule has 1 aromatic rings. The van der Waals surface area contributed by atoms with Crippen molar-refractivity contribution in [2.75, 3.05) is 6.54 Å². The van der Waals surface area contributed by atoms with E-state index in [0.29, 0.717) is 13.1 Å². The van der Waals surface area contributed by atoms with E-state index < -0.39 is 18.1 Å². The number of halogens is 1. The summed E-state index contributed by atoms with van der Waals surface area (Å²) < 4.78 is 2.78. The molecule has 6 nitrogen and oxygen atoms in total. The van der Waals surface area contributed by atoms with Gasteiger partial charge in [-0.2, -0.15) is 5.10 Å². The number of aromatic nitrogens is 2. The molecule has 1 aromatic heterocycles. The van der Waals surface area contributed by atoms with Crippen LogP contribution in [0, 0.1) is 6.92 Å². The zero-order valence-corrected chi connectivity index (χ0v) is 12.6. The zero-order valence-electron chi connectivity index (χ0n) is 11.0. The van der Waals surface area contributed by atoms with Gasteiger partial charge in [0, 0.05) is 26.1 Å². The van der Waals surface area contributed by atoms with E-state index in [-0.39, 0.29) is 6.42 Å². The second-order valence-electron chi connectivity index (χ2n) is 4.83. The predicted octanol–water partition coefficient (Wildman–Crippen LogP) is 0.994. The fourth-order valence-corrected chi connectivity index (χ4v) is 2.93. The third kappa shape index (κ3) is 2.82. The molecule has 2 heterocycles. The maximum atomic E-state index is 11.2. The summed E-state index contributed by atoms with van der Waals surface area (Å²) in [4.78, 5) is 13.0. The van der Waals surface area contributed by atoms with Crippen molar-refractivity contribution >= 4 is 21.9 Å². The Morgan fingerprint density at radius 2 is 2.26 bits per heavy atom. The number of hydrogen-bond donors (Lipinski definition) is 2. The molecule has 7 heteroatoms. The van der Waals surface area contributed by atoms with Crippen LogP contribution in [-0.2, 0) is 17.9 Å². The summed E-state index contributed by atoms with van der Waals surface area (Å²) in [5, 5.41) is 23.2. The molecule has 2 rings (SSSR count). The summed E-state index contributed by atoms with van der Waals surface area (Å²) in [6.45, 7) is 5.50. The van der Waals surface area contributed by atoms with Gasteiger partial charge in [0.05, 0.1) is 22.0 Å². The zero-order chi connectivity index (χ0) is 14.2. The number of aliphatic hydroxyl groups excluding tert-OH is 1. The van der Waals surface area contributed by atoms with Gasteiger partial charge >= 0.3 is 5.97 Å². The van der Waals surface area contributed by atoms with Gasteiger partial charge in [-0.3, -0.25) is 14.4 Å². The first-order valence-electron chi connectivity index (χ1n) is 6.30. The van der Waals surface area contributed by atoms with E-state index in [1.807, 2.05) is 18.5 Å². The van der Waals surface area contributed by atoms with Crippen LogP contribution in [0.4, 0.5) is 0 Å². The number of nitrogens with zero attached hydrogens (tertiary/aromatic N) is 3. The van der Waals surface area contributed by atoms with E-state index in [2.05, 4.69) is 21.0 Å². The smallest absolute Gasteiger partial charge is 0.321 e. The average Bonchev–Trinajstić information content (AvgIpc) is 2.84. The van der Waals surface area contributed by atoms with Gasteiger partial charge in [0.25, 0.3) is 0 Å². The van der Waals surface area contributed by atoms with E-state index in [4.69, 9.17) is 0 Å². The lowest BCUT2D eigenvalue weighted by atomic mass is 10.2. The van der Waals surface area contributed by atoms with Crippen LogP contribution < -0.4 is 0 Å². The second kappa shape index (κ2) is 5.60. The lowest BCUT2D eigenvalue weighted by Gasteiger charge is -2.21. The number of likely N-dealkylation sites (tertiary alicyclic amines) is 1. The highest BCUT2D eigenvalue weighted by Crippen LogP contribution is 2.26. The molecular formula is C12H18BrN3O3. The molecule has 0 bridgehead atoms. The van der Waals surface area contributed by atoms with Gasteiger partial charge in [0.1, 0.15) is 6.04 Å². The molecule has 1 saturated heterocycles. The first-order chi connectivity index (χ1) is 8.93. The monoisotopic (exact) mass is 331 g/mol. The molecule has 0 aromatic carbocycles. The number of aliphatic hydroxyl groups is 1. The van der Waals surface area contributed by atoms with Crippen molar-refractivity contribution in [3.8, 4) is 0 Å². The Morgan fingerprint density at radius 3 is 2.84 bits per heavy atom. The van der Waals surface area contributed by atoms with Crippen molar-refractivity contribution in [2.24, 2.45) is 0 Å². The lowest BCUT2D eigenvalue weighted by Crippen LogP contribution is -2.36. The molecule has 0 amide bonds. The topological polar surface area (TPSA) is 78.6 Å². The summed E-state index contributed by atoms with van der Waals surface area (Å²) in [5.41, 5.74) is 1.85. The SMILES string of the molecule is CCn1nc(C)c(Br)c1CN1CC(O)CC1C(=O)O. The molecule has 19 heavy (non-hydrogen) atoms. The molecule has 0 saturated carbocycles. The molecular weight excluding hydrogens is 314 g/mol. The van der Waals surface area contributed by atoms with Crippen LogP contribution in [0.15, 0.2) is 4.47 Å². The standard InChI is InChI=1S/C12H18BrN3O3/c1-3-16-10(11(13)7(2)14-16)6-15-5-8(17)4-9(15)12(18)19/h8-9,17H,3-6H2,1-2H3,(H,18,19). The molecule has 2 unspecified atom stereocenters.